The molecule has 3 unspecified atom stereocenters. The van der Waals surface area contributed by atoms with Crippen LogP contribution in [0.2, 0.25) is 0 Å². The molecular weight excluding hydrogens is 948 g/mol. The maximum atomic E-state index is 13.0. The number of hydrogen-bond donors (Lipinski definition) is 2. The molecule has 0 aliphatic rings. The molecule has 2 N–H and O–H groups in total. The predicted octanol–water partition coefficient (Wildman–Crippen LogP) is 18.7. The molecule has 0 heterocycles. The van der Waals surface area contributed by atoms with E-state index in [1.165, 1.54) is 141 Å². The van der Waals surface area contributed by atoms with Crippen molar-refractivity contribution in [2.24, 2.45) is 0 Å². The number of nitrogens with zero attached hydrogens (tertiary/aromatic N) is 1. The van der Waals surface area contributed by atoms with Crippen molar-refractivity contribution in [3.8, 4) is 0 Å². The number of carbonyl (C=O) groups is 1. The van der Waals surface area contributed by atoms with Gasteiger partial charge >= 0.3 is 0 Å². The smallest absolute Gasteiger partial charge is 0.268 e. The van der Waals surface area contributed by atoms with Crippen molar-refractivity contribution in [1.29, 1.82) is 0 Å². The monoisotopic (exact) mass is 1070 g/mol. The Labute approximate surface area is 464 Å². The maximum absolute atomic E-state index is 13.0. The van der Waals surface area contributed by atoms with Gasteiger partial charge in [-0.3, -0.25) is 9.36 Å². The second-order valence-corrected chi connectivity index (χ2v) is 23.4. The Morgan fingerprint density at radius 3 is 1.24 bits per heavy atom. The lowest BCUT2D eigenvalue weighted by atomic mass is 10.0. The van der Waals surface area contributed by atoms with Gasteiger partial charge in [-0.1, -0.05) is 272 Å². The Hall–Kier alpha value is -2.58. The highest BCUT2D eigenvalue weighted by molar-refractivity contribution is 7.45. The zero-order valence-electron chi connectivity index (χ0n) is 49.5. The van der Waals surface area contributed by atoms with Crippen LogP contribution in [-0.4, -0.2) is 68.5 Å². The molecule has 8 nitrogen and oxygen atoms in total. The highest BCUT2D eigenvalue weighted by atomic mass is 31.2. The number of aliphatic hydroxyl groups excluding tert-OH is 1. The van der Waals surface area contributed by atoms with E-state index >= 15 is 0 Å². The van der Waals surface area contributed by atoms with Crippen LogP contribution in [0.25, 0.3) is 0 Å². The Bertz CT molecular complexity index is 1540. The van der Waals surface area contributed by atoms with Crippen LogP contribution in [0.5, 0.6) is 0 Å². The number of phosphoric ester groups is 1. The zero-order valence-corrected chi connectivity index (χ0v) is 50.4. The Balaban J connectivity index is 4.26. The molecular formula is C66H119N2O6P. The molecule has 0 aromatic heterocycles. The molecule has 75 heavy (non-hydrogen) atoms. The van der Waals surface area contributed by atoms with Gasteiger partial charge in [0.05, 0.1) is 39.9 Å². The molecule has 0 aromatic rings. The summed E-state index contributed by atoms with van der Waals surface area (Å²) >= 11 is 0. The van der Waals surface area contributed by atoms with Crippen molar-refractivity contribution in [3.05, 3.63) is 97.2 Å². The predicted molar refractivity (Wildman–Crippen MR) is 325 cm³/mol. The Morgan fingerprint density at radius 1 is 0.480 bits per heavy atom. The minimum Gasteiger partial charge on any atom is -0.756 e. The van der Waals surface area contributed by atoms with Crippen LogP contribution in [-0.2, 0) is 18.4 Å². The summed E-state index contributed by atoms with van der Waals surface area (Å²) in [5, 5.41) is 13.9. The molecule has 0 radical (unpaired) electrons. The number of unbranched alkanes of at least 4 members (excludes halogenated alkanes) is 29. The third-order valence-electron chi connectivity index (χ3n) is 13.5. The van der Waals surface area contributed by atoms with Crippen molar-refractivity contribution in [2.75, 3.05) is 40.9 Å². The van der Waals surface area contributed by atoms with Crippen LogP contribution in [0, 0.1) is 0 Å². The van der Waals surface area contributed by atoms with Gasteiger partial charge in [0.15, 0.2) is 0 Å². The van der Waals surface area contributed by atoms with Gasteiger partial charge < -0.3 is 28.8 Å². The summed E-state index contributed by atoms with van der Waals surface area (Å²) in [6, 6.07) is -0.920. The molecule has 0 aliphatic carbocycles. The molecule has 0 bridgehead atoms. The van der Waals surface area contributed by atoms with E-state index in [4.69, 9.17) is 9.05 Å². The number of allylic oxidation sites excluding steroid dienone is 15. The summed E-state index contributed by atoms with van der Waals surface area (Å²) in [7, 11) is 1.22. The van der Waals surface area contributed by atoms with E-state index in [0.717, 1.165) is 103 Å². The normalized spacial score (nSPS) is 14.5. The molecule has 9 heteroatoms. The second-order valence-electron chi connectivity index (χ2n) is 22.0. The van der Waals surface area contributed by atoms with Gasteiger partial charge in [0.2, 0.25) is 5.91 Å². The third kappa shape index (κ3) is 58.9. The van der Waals surface area contributed by atoms with Crippen LogP contribution in [0.15, 0.2) is 97.2 Å². The first-order valence-corrected chi connectivity index (χ1v) is 32.6. The zero-order chi connectivity index (χ0) is 54.9. The second kappa shape index (κ2) is 56.2. The number of hydrogen-bond acceptors (Lipinski definition) is 6. The number of rotatable bonds is 56. The number of amides is 1. The van der Waals surface area contributed by atoms with E-state index in [1.54, 1.807) is 6.08 Å². The van der Waals surface area contributed by atoms with Crippen molar-refractivity contribution in [2.45, 2.75) is 276 Å². The standard InChI is InChI=1S/C66H119N2O6P/c1-6-8-10-12-14-16-18-20-22-24-26-28-30-32-33-34-36-37-39-41-43-45-47-49-51-53-55-57-59-65(69)64(63-74-75(71,72)73-62-61-68(3,4)5)67-66(70)60-58-56-54-52-50-48-46-44-42-40-38-35-31-29-27-25-23-21-19-17-15-13-11-9-7-2/h9,11,15,17,21,23,27,29,35,38,42,44,49,51,57,59,64-65,69H,6-8,10,12-14,16,18-20,22,24-26,28,30-34,36-37,39-41,43,45-48,50,52-56,58,60-63H2,1-5H3,(H-,67,70,71,72)/b11-9-,17-15-,23-21-,29-27-,38-35-,44-42-,51-49+,59-57+. The van der Waals surface area contributed by atoms with Crippen molar-refractivity contribution >= 4 is 13.7 Å². The van der Waals surface area contributed by atoms with Crippen LogP contribution in [0.4, 0.5) is 0 Å². The van der Waals surface area contributed by atoms with Gasteiger partial charge in [0.25, 0.3) is 7.82 Å². The van der Waals surface area contributed by atoms with E-state index in [0.29, 0.717) is 17.4 Å². The third-order valence-corrected chi connectivity index (χ3v) is 14.5. The van der Waals surface area contributed by atoms with Crippen molar-refractivity contribution in [3.63, 3.8) is 0 Å². The fourth-order valence-corrected chi connectivity index (χ4v) is 9.43. The lowest BCUT2D eigenvalue weighted by Gasteiger charge is -2.29. The summed E-state index contributed by atoms with van der Waals surface area (Å²) in [5.74, 6) is -0.223. The minimum atomic E-state index is -4.62. The average molecular weight is 1070 g/mol. The van der Waals surface area contributed by atoms with Gasteiger partial charge in [-0.2, -0.15) is 0 Å². The first-order chi connectivity index (χ1) is 36.5. The van der Waals surface area contributed by atoms with E-state index in [9.17, 15) is 19.4 Å². The van der Waals surface area contributed by atoms with Crippen LogP contribution in [0.1, 0.15) is 264 Å². The summed E-state index contributed by atoms with van der Waals surface area (Å²) < 4.78 is 23.4. The van der Waals surface area contributed by atoms with E-state index in [1.807, 2.05) is 27.2 Å². The van der Waals surface area contributed by atoms with Crippen molar-refractivity contribution < 1.29 is 32.9 Å². The summed E-state index contributed by atoms with van der Waals surface area (Å²) in [6.45, 7) is 4.52. The topological polar surface area (TPSA) is 108 Å². The van der Waals surface area contributed by atoms with Gasteiger partial charge in [-0.05, 0) is 83.5 Å². The first kappa shape index (κ1) is 72.4. The molecule has 434 valence electrons. The quantitative estimate of drug-likeness (QED) is 0.0272. The van der Waals surface area contributed by atoms with Crippen LogP contribution >= 0.6 is 7.82 Å². The van der Waals surface area contributed by atoms with Crippen LogP contribution in [0.3, 0.4) is 0 Å². The molecule has 3 atom stereocenters. The molecule has 0 rings (SSSR count). The number of carbonyl (C=O) groups excluding carboxylic acids is 1. The summed E-state index contributed by atoms with van der Waals surface area (Å²) in [6.07, 6.45) is 80.7. The van der Waals surface area contributed by atoms with Crippen molar-refractivity contribution in [1.82, 2.24) is 5.32 Å². The van der Waals surface area contributed by atoms with E-state index in [-0.39, 0.29) is 12.5 Å². The number of phosphoric acid groups is 1. The van der Waals surface area contributed by atoms with Crippen LogP contribution < -0.4 is 10.2 Å². The van der Waals surface area contributed by atoms with Gasteiger partial charge in [-0.15, -0.1) is 0 Å². The lowest BCUT2D eigenvalue weighted by molar-refractivity contribution is -0.870. The molecule has 1 amide bonds. The van der Waals surface area contributed by atoms with E-state index in [2.05, 4.69) is 104 Å². The highest BCUT2D eigenvalue weighted by Crippen LogP contribution is 2.38. The number of nitrogens with one attached hydrogen (secondary N) is 1. The molecule has 0 saturated carbocycles. The number of aliphatic hydroxyl groups is 1. The SMILES string of the molecule is CC/C=C\C/C=C\C/C=C\C/C=C\C/C=C\C/C=C\CCCCCCCCC(=O)NC(COP(=O)([O-])OCC[N+](C)(C)C)C(O)/C=C/CC/C=C/CCCCCCCCCCCCCCCCCCCCCCCC. The molecule has 0 spiro atoms. The van der Waals surface area contributed by atoms with Gasteiger partial charge in [0.1, 0.15) is 13.2 Å². The fraction of sp³-hybridized carbons (Fsp3) is 0.742. The number of likely N-dealkylation sites (N-methyl/N-ethyl adjacent to an activating group) is 1. The molecule has 0 saturated heterocycles. The fourth-order valence-electron chi connectivity index (χ4n) is 8.70. The average Bonchev–Trinajstić information content (AvgIpc) is 3.37. The molecule has 0 aromatic carbocycles. The summed E-state index contributed by atoms with van der Waals surface area (Å²) in [5.41, 5.74) is 0. The Morgan fingerprint density at radius 2 is 0.827 bits per heavy atom. The lowest BCUT2D eigenvalue weighted by Crippen LogP contribution is -2.45. The first-order valence-electron chi connectivity index (χ1n) is 31.1. The highest BCUT2D eigenvalue weighted by Gasteiger charge is 2.23. The molecule has 0 aliphatic heterocycles. The van der Waals surface area contributed by atoms with Gasteiger partial charge in [0, 0.05) is 6.42 Å². The summed E-state index contributed by atoms with van der Waals surface area (Å²) in [4.78, 5) is 25.5. The minimum absolute atomic E-state index is 0.0145. The largest absolute Gasteiger partial charge is 0.756 e. The maximum Gasteiger partial charge on any atom is 0.268 e. The van der Waals surface area contributed by atoms with Gasteiger partial charge in [-0.25, -0.2) is 0 Å². The molecule has 0 fully saturated rings. The van der Waals surface area contributed by atoms with E-state index < -0.39 is 26.6 Å². The Kier molecular flexibility index (Phi) is 54.2. The number of quaternary nitrogens is 1.